The molecule has 0 atom stereocenters. The summed E-state index contributed by atoms with van der Waals surface area (Å²) >= 11 is 2.73. The zero-order chi connectivity index (χ0) is 11.2. The van der Waals surface area contributed by atoms with Crippen LogP contribution in [0, 0.1) is 23.4 Å². The highest BCUT2D eigenvalue weighted by atomic mass is 79.9. The summed E-state index contributed by atoms with van der Waals surface area (Å²) in [5.41, 5.74) is -0.372. The second-order valence-corrected chi connectivity index (χ2v) is 4.34. The number of benzene rings is 1. The highest BCUT2D eigenvalue weighted by Gasteiger charge is 2.33. The van der Waals surface area contributed by atoms with Crippen LogP contribution in [0.15, 0.2) is 10.5 Å². The third kappa shape index (κ3) is 1.80. The van der Waals surface area contributed by atoms with E-state index < -0.39 is 23.2 Å². The summed E-state index contributed by atoms with van der Waals surface area (Å²) in [5, 5.41) is 0. The minimum Gasteiger partial charge on any atom is -0.294 e. The number of rotatable bonds is 2. The van der Waals surface area contributed by atoms with Crippen molar-refractivity contribution < 1.29 is 18.0 Å². The molecule has 1 fully saturated rings. The van der Waals surface area contributed by atoms with Gasteiger partial charge in [0.2, 0.25) is 0 Å². The standard InChI is InChI=1S/C10H6BrF3O/c11-6-3-5(10(15)4-1-2-4)7(12)9(14)8(6)13/h3-4H,1-2H2. The average Bonchev–Trinajstić information content (AvgIpc) is 3.03. The first-order valence-corrected chi connectivity index (χ1v) is 5.19. The number of hydrogen-bond donors (Lipinski definition) is 0. The van der Waals surface area contributed by atoms with Gasteiger partial charge in [-0.1, -0.05) is 0 Å². The molecule has 1 aliphatic carbocycles. The van der Waals surface area contributed by atoms with E-state index in [9.17, 15) is 18.0 Å². The molecular formula is C10H6BrF3O. The van der Waals surface area contributed by atoms with Gasteiger partial charge in [-0.2, -0.15) is 0 Å². The highest BCUT2D eigenvalue weighted by molar-refractivity contribution is 9.10. The first kappa shape index (κ1) is 10.7. The quantitative estimate of drug-likeness (QED) is 0.460. The molecule has 0 saturated heterocycles. The summed E-state index contributed by atoms with van der Waals surface area (Å²) in [6, 6.07) is 0.994. The lowest BCUT2D eigenvalue weighted by Gasteiger charge is -2.04. The smallest absolute Gasteiger partial charge is 0.196 e. The lowest BCUT2D eigenvalue weighted by atomic mass is 10.1. The van der Waals surface area contributed by atoms with E-state index in [0.29, 0.717) is 12.8 Å². The average molecular weight is 279 g/mol. The van der Waals surface area contributed by atoms with Gasteiger partial charge in [-0.05, 0) is 34.8 Å². The third-order valence-electron chi connectivity index (χ3n) is 2.32. The number of carbonyl (C=O) groups excluding carboxylic acids is 1. The minimum absolute atomic E-state index is 0.226. The highest BCUT2D eigenvalue weighted by Crippen LogP contribution is 2.35. The van der Waals surface area contributed by atoms with E-state index >= 15 is 0 Å². The fourth-order valence-corrected chi connectivity index (χ4v) is 1.72. The van der Waals surface area contributed by atoms with Crippen molar-refractivity contribution in [2.75, 3.05) is 0 Å². The van der Waals surface area contributed by atoms with Crippen LogP contribution < -0.4 is 0 Å². The Labute approximate surface area is 92.4 Å². The van der Waals surface area contributed by atoms with Crippen LogP contribution in [0.1, 0.15) is 23.2 Å². The van der Waals surface area contributed by atoms with Crippen molar-refractivity contribution in [3.63, 3.8) is 0 Å². The molecule has 1 aromatic rings. The van der Waals surface area contributed by atoms with Crippen LogP contribution in [0.5, 0.6) is 0 Å². The molecule has 5 heteroatoms. The van der Waals surface area contributed by atoms with Gasteiger partial charge in [-0.15, -0.1) is 0 Å². The molecule has 1 aliphatic rings. The zero-order valence-corrected chi connectivity index (χ0v) is 9.08. The second kappa shape index (κ2) is 3.63. The second-order valence-electron chi connectivity index (χ2n) is 3.49. The molecule has 0 aromatic heterocycles. The molecule has 0 heterocycles. The molecule has 1 aromatic carbocycles. The molecule has 0 spiro atoms. The van der Waals surface area contributed by atoms with Crippen LogP contribution in [-0.2, 0) is 0 Å². The van der Waals surface area contributed by atoms with Gasteiger partial charge in [-0.25, -0.2) is 13.2 Å². The Bertz CT molecular complexity index is 441. The fourth-order valence-electron chi connectivity index (χ4n) is 1.32. The van der Waals surface area contributed by atoms with Crippen LogP contribution in [0.3, 0.4) is 0 Å². The molecule has 1 nitrogen and oxygen atoms in total. The van der Waals surface area contributed by atoms with Gasteiger partial charge in [-0.3, -0.25) is 4.79 Å². The molecule has 1 saturated carbocycles. The van der Waals surface area contributed by atoms with E-state index in [0.717, 1.165) is 6.07 Å². The summed E-state index contributed by atoms with van der Waals surface area (Å²) in [5.74, 6) is -4.98. The molecule has 0 radical (unpaired) electrons. The van der Waals surface area contributed by atoms with Crippen LogP contribution >= 0.6 is 15.9 Å². The van der Waals surface area contributed by atoms with E-state index in [1.807, 2.05) is 0 Å². The Kier molecular flexibility index (Phi) is 2.58. The van der Waals surface area contributed by atoms with Gasteiger partial charge >= 0.3 is 0 Å². The monoisotopic (exact) mass is 278 g/mol. The Balaban J connectivity index is 2.51. The van der Waals surface area contributed by atoms with Gasteiger partial charge in [0.05, 0.1) is 10.0 Å². The summed E-state index contributed by atoms with van der Waals surface area (Å²) < 4.78 is 38.8. The third-order valence-corrected chi connectivity index (χ3v) is 2.89. The van der Waals surface area contributed by atoms with Crippen molar-refractivity contribution >= 4 is 21.7 Å². The SMILES string of the molecule is O=C(c1cc(Br)c(F)c(F)c1F)C1CC1. The fraction of sp³-hybridized carbons (Fsp3) is 0.300. The molecule has 0 unspecified atom stereocenters. The Morgan fingerprint density at radius 3 is 2.33 bits per heavy atom. The zero-order valence-electron chi connectivity index (χ0n) is 7.49. The maximum Gasteiger partial charge on any atom is 0.196 e. The van der Waals surface area contributed by atoms with Crippen LogP contribution in [0.2, 0.25) is 0 Å². The molecule has 80 valence electrons. The number of Topliss-reactive ketones (excluding diaryl/α,β-unsaturated/α-hetero) is 1. The van der Waals surface area contributed by atoms with Gasteiger partial charge in [0.25, 0.3) is 0 Å². The van der Waals surface area contributed by atoms with Gasteiger partial charge in [0, 0.05) is 5.92 Å². The predicted octanol–water partition coefficient (Wildman–Crippen LogP) is 3.46. The number of hydrogen-bond acceptors (Lipinski definition) is 1. The van der Waals surface area contributed by atoms with Crippen molar-refractivity contribution in [1.29, 1.82) is 0 Å². The van der Waals surface area contributed by atoms with Crippen LogP contribution in [0.4, 0.5) is 13.2 Å². The van der Waals surface area contributed by atoms with Gasteiger partial charge < -0.3 is 0 Å². The van der Waals surface area contributed by atoms with Crippen LogP contribution in [0.25, 0.3) is 0 Å². The van der Waals surface area contributed by atoms with Crippen molar-refractivity contribution in [1.82, 2.24) is 0 Å². The lowest BCUT2D eigenvalue weighted by molar-refractivity contribution is 0.0962. The maximum atomic E-state index is 13.2. The van der Waals surface area contributed by atoms with Crippen LogP contribution in [-0.4, -0.2) is 5.78 Å². The van der Waals surface area contributed by atoms with E-state index in [-0.39, 0.29) is 16.0 Å². The molecule has 0 aliphatic heterocycles. The van der Waals surface area contributed by atoms with E-state index in [1.54, 1.807) is 0 Å². The van der Waals surface area contributed by atoms with Crippen molar-refractivity contribution in [3.05, 3.63) is 33.6 Å². The molecular weight excluding hydrogens is 273 g/mol. The first-order chi connectivity index (χ1) is 7.02. The molecule has 2 rings (SSSR count). The summed E-state index contributed by atoms with van der Waals surface area (Å²) in [7, 11) is 0. The molecule has 0 amide bonds. The summed E-state index contributed by atoms with van der Waals surface area (Å²) in [4.78, 5) is 11.5. The maximum absolute atomic E-state index is 13.2. The lowest BCUT2D eigenvalue weighted by Crippen LogP contribution is -2.08. The summed E-state index contributed by atoms with van der Waals surface area (Å²) in [6.07, 6.45) is 1.38. The minimum atomic E-state index is -1.60. The first-order valence-electron chi connectivity index (χ1n) is 4.39. The summed E-state index contributed by atoms with van der Waals surface area (Å²) in [6.45, 7) is 0. The van der Waals surface area contributed by atoms with Crippen molar-refractivity contribution in [2.24, 2.45) is 5.92 Å². The van der Waals surface area contributed by atoms with Crippen molar-refractivity contribution in [3.8, 4) is 0 Å². The largest absolute Gasteiger partial charge is 0.294 e. The van der Waals surface area contributed by atoms with Gasteiger partial charge in [0.15, 0.2) is 23.2 Å². The predicted molar refractivity (Wildman–Crippen MR) is 51.1 cm³/mol. The van der Waals surface area contributed by atoms with Crippen molar-refractivity contribution in [2.45, 2.75) is 12.8 Å². The molecule has 15 heavy (non-hydrogen) atoms. The van der Waals surface area contributed by atoms with E-state index in [2.05, 4.69) is 15.9 Å². The number of carbonyl (C=O) groups is 1. The van der Waals surface area contributed by atoms with E-state index in [1.165, 1.54) is 0 Å². The Morgan fingerprint density at radius 1 is 1.20 bits per heavy atom. The number of ketones is 1. The van der Waals surface area contributed by atoms with E-state index in [4.69, 9.17) is 0 Å². The molecule has 0 N–H and O–H groups in total. The normalized spacial score (nSPS) is 15.5. The number of halogens is 4. The topological polar surface area (TPSA) is 17.1 Å². The van der Waals surface area contributed by atoms with Gasteiger partial charge in [0.1, 0.15) is 0 Å². The Hall–Kier alpha value is -0.840. The Morgan fingerprint density at radius 2 is 1.80 bits per heavy atom. The molecule has 0 bridgehead atoms.